The van der Waals surface area contributed by atoms with E-state index in [1.165, 1.54) is 0 Å². The highest BCUT2D eigenvalue weighted by molar-refractivity contribution is 5.59. The lowest BCUT2D eigenvalue weighted by molar-refractivity contribution is 0.340. The fraction of sp³-hybridized carbons (Fsp3) is 0.167. The van der Waals surface area contributed by atoms with Gasteiger partial charge >= 0.3 is 0 Å². The topological polar surface area (TPSA) is 35.0 Å². The molecule has 0 saturated heterocycles. The molecule has 0 fully saturated rings. The maximum Gasteiger partial charge on any atom is 0.119 e. The van der Waals surface area contributed by atoms with Crippen LogP contribution in [0.5, 0.6) is 5.75 Å². The van der Waals surface area contributed by atoms with Gasteiger partial charge in [0.05, 0.1) is 12.3 Å². The van der Waals surface area contributed by atoms with Gasteiger partial charge in [-0.05, 0) is 37.3 Å². The van der Waals surface area contributed by atoms with Crippen LogP contribution in [0, 0.1) is 0 Å². The van der Waals surface area contributed by atoms with E-state index in [1.807, 2.05) is 37.3 Å². The molecule has 2 aromatic rings. The van der Waals surface area contributed by atoms with Crippen molar-refractivity contribution in [1.29, 1.82) is 0 Å². The molecule has 1 heterocycles. The summed E-state index contributed by atoms with van der Waals surface area (Å²) in [6.07, 6.45) is 3.28. The average Bonchev–Trinajstić information content (AvgIpc) is 2.32. The van der Waals surface area contributed by atoms with E-state index >= 15 is 0 Å². The van der Waals surface area contributed by atoms with Gasteiger partial charge in [0.25, 0.3) is 0 Å². The van der Waals surface area contributed by atoms with Gasteiger partial charge in [0.15, 0.2) is 0 Å². The van der Waals surface area contributed by atoms with Crippen LogP contribution in [-0.2, 0) is 0 Å². The summed E-state index contributed by atoms with van der Waals surface area (Å²) in [7, 11) is 0. The van der Waals surface area contributed by atoms with E-state index in [2.05, 4.69) is 9.97 Å². The van der Waals surface area contributed by atoms with Gasteiger partial charge in [-0.15, -0.1) is 0 Å². The zero-order valence-corrected chi connectivity index (χ0v) is 8.55. The van der Waals surface area contributed by atoms with Crippen molar-refractivity contribution in [3.05, 3.63) is 42.9 Å². The van der Waals surface area contributed by atoms with Crippen molar-refractivity contribution in [1.82, 2.24) is 9.97 Å². The number of hydrogen-bond acceptors (Lipinski definition) is 3. The second-order valence-electron chi connectivity index (χ2n) is 3.05. The quantitative estimate of drug-likeness (QED) is 0.763. The minimum absolute atomic E-state index is 0.687. The largest absolute Gasteiger partial charge is 0.494 e. The van der Waals surface area contributed by atoms with Crippen molar-refractivity contribution in [2.45, 2.75) is 6.92 Å². The lowest BCUT2D eigenvalue weighted by Gasteiger charge is -2.04. The van der Waals surface area contributed by atoms with Gasteiger partial charge in [-0.2, -0.15) is 0 Å². The van der Waals surface area contributed by atoms with Gasteiger partial charge in [0, 0.05) is 11.8 Å². The predicted octanol–water partition coefficient (Wildman–Crippen LogP) is 2.54. The van der Waals surface area contributed by atoms with Crippen LogP contribution in [0.1, 0.15) is 6.92 Å². The molecule has 0 unspecified atom stereocenters. The monoisotopic (exact) mass is 200 g/mol. The van der Waals surface area contributed by atoms with Crippen LogP contribution in [0.15, 0.2) is 42.9 Å². The van der Waals surface area contributed by atoms with E-state index in [4.69, 9.17) is 4.74 Å². The van der Waals surface area contributed by atoms with Crippen LogP contribution in [-0.4, -0.2) is 16.6 Å². The first-order chi connectivity index (χ1) is 7.40. The third-order valence-corrected chi connectivity index (χ3v) is 2.04. The number of benzene rings is 1. The third kappa shape index (κ3) is 2.31. The third-order valence-electron chi connectivity index (χ3n) is 2.04. The minimum Gasteiger partial charge on any atom is -0.494 e. The highest BCUT2D eigenvalue weighted by Crippen LogP contribution is 2.19. The SMILES string of the molecule is CCOc1ccc(-c2ccncn2)cc1. The summed E-state index contributed by atoms with van der Waals surface area (Å²) in [4.78, 5) is 8.05. The molecule has 0 aliphatic rings. The van der Waals surface area contributed by atoms with Crippen molar-refractivity contribution < 1.29 is 4.74 Å². The Morgan fingerprint density at radius 3 is 2.53 bits per heavy atom. The zero-order valence-electron chi connectivity index (χ0n) is 8.55. The molecule has 0 aliphatic heterocycles. The molecule has 1 aromatic heterocycles. The fourth-order valence-electron chi connectivity index (χ4n) is 1.35. The molecule has 3 heteroatoms. The molecule has 15 heavy (non-hydrogen) atoms. The molecule has 0 radical (unpaired) electrons. The van der Waals surface area contributed by atoms with E-state index in [0.717, 1.165) is 17.0 Å². The van der Waals surface area contributed by atoms with Crippen molar-refractivity contribution >= 4 is 0 Å². The summed E-state index contributed by atoms with van der Waals surface area (Å²) in [5, 5.41) is 0. The van der Waals surface area contributed by atoms with E-state index in [-0.39, 0.29) is 0 Å². The van der Waals surface area contributed by atoms with Crippen molar-refractivity contribution in [2.75, 3.05) is 6.61 Å². The Morgan fingerprint density at radius 2 is 1.93 bits per heavy atom. The summed E-state index contributed by atoms with van der Waals surface area (Å²) >= 11 is 0. The van der Waals surface area contributed by atoms with E-state index in [0.29, 0.717) is 6.61 Å². The van der Waals surface area contributed by atoms with Gasteiger partial charge in [-0.25, -0.2) is 9.97 Å². The number of ether oxygens (including phenoxy) is 1. The molecule has 0 amide bonds. The van der Waals surface area contributed by atoms with Gasteiger partial charge in [-0.1, -0.05) is 0 Å². The van der Waals surface area contributed by atoms with Gasteiger partial charge in [0.2, 0.25) is 0 Å². The Hall–Kier alpha value is -1.90. The summed E-state index contributed by atoms with van der Waals surface area (Å²) < 4.78 is 5.36. The first-order valence-electron chi connectivity index (χ1n) is 4.89. The van der Waals surface area contributed by atoms with Gasteiger partial charge in [0.1, 0.15) is 12.1 Å². The molecular weight excluding hydrogens is 188 g/mol. The van der Waals surface area contributed by atoms with Crippen LogP contribution < -0.4 is 4.74 Å². The van der Waals surface area contributed by atoms with Crippen LogP contribution >= 0.6 is 0 Å². The van der Waals surface area contributed by atoms with Crippen molar-refractivity contribution in [2.24, 2.45) is 0 Å². The van der Waals surface area contributed by atoms with E-state index in [9.17, 15) is 0 Å². The molecule has 1 aromatic carbocycles. The number of nitrogens with zero attached hydrogens (tertiary/aromatic N) is 2. The minimum atomic E-state index is 0.687. The first-order valence-corrected chi connectivity index (χ1v) is 4.89. The smallest absolute Gasteiger partial charge is 0.119 e. The Kier molecular flexibility index (Phi) is 2.93. The Morgan fingerprint density at radius 1 is 1.13 bits per heavy atom. The maximum atomic E-state index is 5.36. The van der Waals surface area contributed by atoms with Crippen molar-refractivity contribution in [3.8, 4) is 17.0 Å². The number of hydrogen-bond donors (Lipinski definition) is 0. The molecule has 76 valence electrons. The van der Waals surface area contributed by atoms with Gasteiger partial charge in [-0.3, -0.25) is 0 Å². The Bertz CT molecular complexity index is 411. The Labute approximate surface area is 88.8 Å². The van der Waals surface area contributed by atoms with Crippen LogP contribution in [0.25, 0.3) is 11.3 Å². The predicted molar refractivity (Wildman–Crippen MR) is 58.6 cm³/mol. The summed E-state index contributed by atoms with van der Waals surface area (Å²) in [6.45, 7) is 2.66. The normalized spacial score (nSPS) is 9.93. The van der Waals surface area contributed by atoms with Crippen LogP contribution in [0.2, 0.25) is 0 Å². The molecule has 0 bridgehead atoms. The zero-order chi connectivity index (χ0) is 10.5. The highest BCUT2D eigenvalue weighted by Gasteiger charge is 1.98. The second kappa shape index (κ2) is 4.55. The first kappa shape index (κ1) is 9.65. The maximum absolute atomic E-state index is 5.36. The molecular formula is C12H12N2O. The highest BCUT2D eigenvalue weighted by atomic mass is 16.5. The molecule has 0 saturated carbocycles. The van der Waals surface area contributed by atoms with Crippen LogP contribution in [0.3, 0.4) is 0 Å². The summed E-state index contributed by atoms with van der Waals surface area (Å²) in [5.74, 6) is 0.885. The molecule has 0 N–H and O–H groups in total. The summed E-state index contributed by atoms with van der Waals surface area (Å²) in [6, 6.07) is 9.76. The standard InChI is InChI=1S/C12H12N2O/c1-2-15-11-5-3-10(4-6-11)12-7-8-13-9-14-12/h3-9H,2H2,1H3. The average molecular weight is 200 g/mol. The number of aromatic nitrogens is 2. The molecule has 0 spiro atoms. The van der Waals surface area contributed by atoms with Crippen molar-refractivity contribution in [3.63, 3.8) is 0 Å². The molecule has 2 rings (SSSR count). The molecule has 3 nitrogen and oxygen atoms in total. The number of rotatable bonds is 3. The summed E-state index contributed by atoms with van der Waals surface area (Å²) in [5.41, 5.74) is 1.99. The molecule has 0 aliphatic carbocycles. The fourth-order valence-corrected chi connectivity index (χ4v) is 1.35. The molecule has 0 atom stereocenters. The lowest BCUT2D eigenvalue weighted by atomic mass is 10.1. The second-order valence-corrected chi connectivity index (χ2v) is 3.05. The van der Waals surface area contributed by atoms with Crippen LogP contribution in [0.4, 0.5) is 0 Å². The lowest BCUT2D eigenvalue weighted by Crippen LogP contribution is -1.91. The van der Waals surface area contributed by atoms with Gasteiger partial charge < -0.3 is 4.74 Å². The van der Waals surface area contributed by atoms with E-state index in [1.54, 1.807) is 12.5 Å². The van der Waals surface area contributed by atoms with E-state index < -0.39 is 0 Å². The Balaban J connectivity index is 2.24.